The predicted octanol–water partition coefficient (Wildman–Crippen LogP) is 2.44. The first-order chi connectivity index (χ1) is 13.6. The van der Waals surface area contributed by atoms with Crippen molar-refractivity contribution >= 4 is 39.2 Å². The van der Waals surface area contributed by atoms with E-state index in [0.717, 1.165) is 46.6 Å². The Morgan fingerprint density at radius 3 is 2.79 bits per heavy atom. The molecule has 5 N–H and O–H groups in total. The third-order valence-corrected chi connectivity index (χ3v) is 5.66. The molecule has 0 aliphatic heterocycles. The molecule has 0 spiro atoms. The van der Waals surface area contributed by atoms with Gasteiger partial charge in [-0.25, -0.2) is 15.0 Å². The lowest BCUT2D eigenvalue weighted by molar-refractivity contribution is 0.178. The highest BCUT2D eigenvalue weighted by molar-refractivity contribution is 9.10. The number of nitrogen functional groups attached to an aromatic ring is 1. The second-order valence-electron chi connectivity index (χ2n) is 7.04. The van der Waals surface area contributed by atoms with Crippen LogP contribution in [-0.4, -0.2) is 42.3 Å². The van der Waals surface area contributed by atoms with Crippen LogP contribution in [0, 0.1) is 5.92 Å². The molecule has 3 aromatic rings. The lowest BCUT2D eigenvalue weighted by atomic mass is 9.85. The molecule has 0 amide bonds. The van der Waals surface area contributed by atoms with Gasteiger partial charge in [0, 0.05) is 49.1 Å². The fraction of sp³-hybridized carbons (Fsp3) is 0.444. The zero-order chi connectivity index (χ0) is 19.5. The Hall–Kier alpha value is -2.46. The van der Waals surface area contributed by atoms with Crippen LogP contribution in [0.5, 0.6) is 0 Å². The number of halogens is 1. The van der Waals surface area contributed by atoms with Gasteiger partial charge in [0.05, 0.1) is 10.7 Å². The number of aromatic nitrogens is 5. The number of aliphatic hydroxyl groups excluding tert-OH is 1. The second kappa shape index (κ2) is 8.27. The molecule has 0 saturated heterocycles. The van der Waals surface area contributed by atoms with Gasteiger partial charge >= 0.3 is 0 Å². The van der Waals surface area contributed by atoms with E-state index in [1.54, 1.807) is 23.1 Å². The van der Waals surface area contributed by atoms with Gasteiger partial charge in [0.1, 0.15) is 11.6 Å². The summed E-state index contributed by atoms with van der Waals surface area (Å²) in [6, 6.07) is 2.15. The van der Waals surface area contributed by atoms with Gasteiger partial charge in [-0.05, 0) is 28.8 Å². The molecule has 3 heterocycles. The molecule has 4 rings (SSSR count). The zero-order valence-corrected chi connectivity index (χ0v) is 16.9. The molecular weight excluding hydrogens is 424 g/mol. The molecular formula is C18H23BrN8O. The topological polar surface area (TPSA) is 126 Å². The van der Waals surface area contributed by atoms with Gasteiger partial charge in [-0.15, -0.1) is 0 Å². The first-order valence-electron chi connectivity index (χ1n) is 9.36. The maximum absolute atomic E-state index is 9.69. The van der Waals surface area contributed by atoms with E-state index in [2.05, 4.69) is 41.6 Å². The lowest BCUT2D eigenvalue weighted by Crippen LogP contribution is -2.34. The maximum Gasteiger partial charge on any atom is 0.219 e. The van der Waals surface area contributed by atoms with Crippen LogP contribution in [-0.2, 0) is 6.54 Å². The van der Waals surface area contributed by atoms with Crippen LogP contribution in [0.2, 0.25) is 0 Å². The molecule has 1 saturated carbocycles. The van der Waals surface area contributed by atoms with Crippen molar-refractivity contribution in [1.29, 1.82) is 0 Å². The van der Waals surface area contributed by atoms with Crippen molar-refractivity contribution in [3.63, 3.8) is 0 Å². The van der Waals surface area contributed by atoms with Gasteiger partial charge in [0.25, 0.3) is 0 Å². The number of rotatable bonds is 6. The Labute approximate surface area is 170 Å². The van der Waals surface area contributed by atoms with Crippen molar-refractivity contribution in [2.45, 2.75) is 38.3 Å². The molecule has 0 aromatic carbocycles. The van der Waals surface area contributed by atoms with Crippen molar-refractivity contribution < 1.29 is 5.11 Å². The number of aliphatic hydroxyl groups is 1. The number of nitrogens with zero attached hydrogens (tertiary/aromatic N) is 5. The van der Waals surface area contributed by atoms with Crippen LogP contribution in [0.25, 0.3) is 5.65 Å². The van der Waals surface area contributed by atoms with Crippen LogP contribution < -0.4 is 16.4 Å². The van der Waals surface area contributed by atoms with Crippen LogP contribution in [0.1, 0.15) is 31.2 Å². The maximum atomic E-state index is 9.69. The van der Waals surface area contributed by atoms with E-state index in [0.29, 0.717) is 6.54 Å². The highest BCUT2D eigenvalue weighted by Gasteiger charge is 2.25. The average Bonchev–Trinajstić information content (AvgIpc) is 3.09. The Bertz CT molecular complexity index is 945. The highest BCUT2D eigenvalue weighted by Crippen LogP contribution is 2.28. The molecule has 0 radical (unpaired) electrons. The van der Waals surface area contributed by atoms with Gasteiger partial charge in [-0.1, -0.05) is 12.8 Å². The molecule has 28 heavy (non-hydrogen) atoms. The molecule has 148 valence electrons. The van der Waals surface area contributed by atoms with Gasteiger partial charge in [0.15, 0.2) is 5.65 Å². The quantitative estimate of drug-likeness (QED) is 0.454. The Kier molecular flexibility index (Phi) is 5.58. The van der Waals surface area contributed by atoms with E-state index in [1.807, 2.05) is 6.07 Å². The van der Waals surface area contributed by atoms with Gasteiger partial charge in [-0.3, -0.25) is 0 Å². The Morgan fingerprint density at radius 1 is 1.21 bits per heavy atom. The smallest absolute Gasteiger partial charge is 0.219 e. The van der Waals surface area contributed by atoms with Crippen LogP contribution >= 0.6 is 15.9 Å². The first kappa shape index (κ1) is 18.9. The molecule has 3 aromatic heterocycles. The number of nitrogens with two attached hydrogens (primary N) is 1. The molecule has 0 unspecified atom stereocenters. The third kappa shape index (κ3) is 4.02. The van der Waals surface area contributed by atoms with E-state index in [-0.39, 0.29) is 24.5 Å². The standard InChI is InChI=1S/C18H23BrN8O/c19-13-9-24-27-16(21-6-11-7-22-18(20)23-8-11)5-15(26-17(13)27)25-14-4-2-1-3-12(14)10-28/h5,7-9,12,14,21,28H,1-4,6,10H2,(H,25,26)(H2,20,22,23)/t12-,14-/m0/s1. The van der Waals surface area contributed by atoms with Gasteiger partial charge in [-0.2, -0.15) is 9.61 Å². The summed E-state index contributed by atoms with van der Waals surface area (Å²) in [4.78, 5) is 12.7. The fourth-order valence-electron chi connectivity index (χ4n) is 3.59. The van der Waals surface area contributed by atoms with Gasteiger partial charge < -0.3 is 21.5 Å². The van der Waals surface area contributed by atoms with E-state index in [9.17, 15) is 5.11 Å². The summed E-state index contributed by atoms with van der Waals surface area (Å²) in [6.07, 6.45) is 9.51. The first-order valence-corrected chi connectivity index (χ1v) is 10.2. The minimum absolute atomic E-state index is 0.193. The SMILES string of the molecule is Nc1ncc(CNc2cc(N[C@H]3CCCC[C@H]3CO)nc3c(Br)cnn23)cn1. The molecule has 1 fully saturated rings. The predicted molar refractivity (Wildman–Crippen MR) is 111 cm³/mol. The number of fused-ring (bicyclic) bond motifs is 1. The van der Waals surface area contributed by atoms with E-state index < -0.39 is 0 Å². The van der Waals surface area contributed by atoms with E-state index >= 15 is 0 Å². The van der Waals surface area contributed by atoms with Crippen molar-refractivity contribution in [3.05, 3.63) is 34.7 Å². The summed E-state index contributed by atoms with van der Waals surface area (Å²) in [5.41, 5.74) is 7.18. The fourth-order valence-corrected chi connectivity index (χ4v) is 3.94. The summed E-state index contributed by atoms with van der Waals surface area (Å²) in [7, 11) is 0. The Balaban J connectivity index is 1.59. The van der Waals surface area contributed by atoms with Crippen LogP contribution in [0.15, 0.2) is 29.1 Å². The Morgan fingerprint density at radius 2 is 2.00 bits per heavy atom. The van der Waals surface area contributed by atoms with E-state index in [1.165, 1.54) is 6.42 Å². The number of anilines is 3. The van der Waals surface area contributed by atoms with Gasteiger partial charge in [0.2, 0.25) is 5.95 Å². The monoisotopic (exact) mass is 446 g/mol. The van der Waals surface area contributed by atoms with Crippen LogP contribution in [0.3, 0.4) is 0 Å². The van der Waals surface area contributed by atoms with E-state index in [4.69, 9.17) is 10.7 Å². The molecule has 2 atom stereocenters. The number of hydrogen-bond acceptors (Lipinski definition) is 8. The number of hydrogen-bond donors (Lipinski definition) is 4. The molecule has 10 heteroatoms. The summed E-state index contributed by atoms with van der Waals surface area (Å²) in [5, 5.41) is 21.0. The third-order valence-electron chi connectivity index (χ3n) is 5.10. The normalized spacial score (nSPS) is 19.6. The summed E-state index contributed by atoms with van der Waals surface area (Å²) in [6.45, 7) is 0.720. The zero-order valence-electron chi connectivity index (χ0n) is 15.3. The highest BCUT2D eigenvalue weighted by atomic mass is 79.9. The molecule has 9 nitrogen and oxygen atoms in total. The number of nitrogens with one attached hydrogen (secondary N) is 2. The minimum Gasteiger partial charge on any atom is -0.396 e. The van der Waals surface area contributed by atoms with Crippen molar-refractivity contribution in [1.82, 2.24) is 24.6 Å². The molecule has 1 aliphatic carbocycles. The van der Waals surface area contributed by atoms with Crippen molar-refractivity contribution in [2.75, 3.05) is 23.0 Å². The van der Waals surface area contributed by atoms with Crippen LogP contribution in [0.4, 0.5) is 17.6 Å². The minimum atomic E-state index is 0.193. The van der Waals surface area contributed by atoms with Crippen molar-refractivity contribution in [2.24, 2.45) is 5.92 Å². The second-order valence-corrected chi connectivity index (χ2v) is 7.89. The summed E-state index contributed by atoms with van der Waals surface area (Å²) < 4.78 is 2.56. The molecule has 0 bridgehead atoms. The average molecular weight is 447 g/mol. The summed E-state index contributed by atoms with van der Waals surface area (Å²) in [5.74, 6) is 2.06. The molecule has 1 aliphatic rings. The largest absolute Gasteiger partial charge is 0.396 e. The lowest BCUT2D eigenvalue weighted by Gasteiger charge is -2.31. The van der Waals surface area contributed by atoms with Crippen molar-refractivity contribution in [3.8, 4) is 0 Å². The summed E-state index contributed by atoms with van der Waals surface area (Å²) >= 11 is 3.51.